The van der Waals surface area contributed by atoms with Gasteiger partial charge in [-0.1, -0.05) is 19.8 Å². The number of nitrogens with one attached hydrogen (secondary N) is 1. The number of aromatic amines is 1. The fraction of sp³-hybridized carbons (Fsp3) is 0.632. The van der Waals surface area contributed by atoms with Crippen LogP contribution in [0.2, 0.25) is 0 Å². The van der Waals surface area contributed by atoms with E-state index in [-0.39, 0.29) is 19.6 Å². The van der Waals surface area contributed by atoms with E-state index in [0.29, 0.717) is 22.4 Å². The number of alkyl halides is 3. The zero-order valence-electron chi connectivity index (χ0n) is 16.9. The van der Waals surface area contributed by atoms with Crippen LogP contribution in [0.15, 0.2) is 15.8 Å². The minimum absolute atomic E-state index is 0.0341. The monoisotopic (exact) mass is 464 g/mol. The Labute approximate surface area is 180 Å². The van der Waals surface area contributed by atoms with E-state index in [9.17, 15) is 27.6 Å². The van der Waals surface area contributed by atoms with Crippen LogP contribution < -0.4 is 11.2 Å². The lowest BCUT2D eigenvalue weighted by atomic mass is 10.2. The molecule has 2 rings (SSSR count). The minimum Gasteiger partial charge on any atom is -0.455 e. The van der Waals surface area contributed by atoms with Crippen molar-refractivity contribution in [3.05, 3.63) is 32.6 Å². The van der Waals surface area contributed by atoms with Crippen molar-refractivity contribution in [2.75, 3.05) is 19.0 Å². The van der Waals surface area contributed by atoms with Crippen LogP contribution in [0.5, 0.6) is 0 Å². The van der Waals surface area contributed by atoms with E-state index in [1.54, 1.807) is 4.98 Å². The Hall–Kier alpha value is -2.23. The van der Waals surface area contributed by atoms with E-state index in [2.05, 4.69) is 5.92 Å². The van der Waals surface area contributed by atoms with Gasteiger partial charge >= 0.3 is 17.2 Å². The number of ether oxygens (including phenoxy) is 3. The summed E-state index contributed by atoms with van der Waals surface area (Å²) < 4.78 is 56.0. The molecule has 1 saturated heterocycles. The maximum Gasteiger partial charge on any atom is 0.423 e. The molecular formula is C19H23F3N2O6S. The number of H-pyrrole nitrogens is 1. The molecule has 1 aromatic heterocycles. The summed E-state index contributed by atoms with van der Waals surface area (Å²) in [6.07, 6.45) is -1.35. The standard InChI is InChI=1S/C19H23F3N2O6S/c1-4-6-28-13-8-15(24-9-12(19(20,21)22)16(25)23-17(24)26)30-14(13)10-29-18(27)31-7-5-11(2)3/h1,9,11,13-15H,5-8,10H2,2-3H3,(H,23,25,26)/t13-,14+,15+/m0/s1. The van der Waals surface area contributed by atoms with Crippen molar-refractivity contribution in [2.24, 2.45) is 5.92 Å². The first-order valence-electron chi connectivity index (χ1n) is 9.45. The lowest BCUT2D eigenvalue weighted by Crippen LogP contribution is -2.36. The molecule has 1 aliphatic heterocycles. The van der Waals surface area contributed by atoms with Gasteiger partial charge in [-0.2, -0.15) is 13.2 Å². The molecule has 31 heavy (non-hydrogen) atoms. The molecule has 0 unspecified atom stereocenters. The molecule has 0 aromatic carbocycles. The van der Waals surface area contributed by atoms with E-state index in [1.165, 1.54) is 0 Å². The average molecular weight is 464 g/mol. The van der Waals surface area contributed by atoms with Gasteiger partial charge in [0.1, 0.15) is 31.1 Å². The van der Waals surface area contributed by atoms with Crippen LogP contribution in [0.3, 0.4) is 0 Å². The van der Waals surface area contributed by atoms with Gasteiger partial charge < -0.3 is 14.2 Å². The van der Waals surface area contributed by atoms with Gasteiger partial charge in [-0.25, -0.2) is 9.59 Å². The molecule has 12 heteroatoms. The second-order valence-corrected chi connectivity index (χ2v) is 8.25. The third-order valence-electron chi connectivity index (χ3n) is 4.43. The fourth-order valence-corrected chi connectivity index (χ4v) is 3.73. The number of terminal acetylenes is 1. The zero-order chi connectivity index (χ0) is 23.2. The van der Waals surface area contributed by atoms with Crippen LogP contribution in [0, 0.1) is 18.3 Å². The van der Waals surface area contributed by atoms with Crippen LogP contribution in [-0.4, -0.2) is 46.0 Å². The molecular weight excluding hydrogens is 441 g/mol. The Bertz CT molecular complexity index is 921. The molecule has 1 aromatic rings. The van der Waals surface area contributed by atoms with E-state index in [1.807, 2.05) is 13.8 Å². The summed E-state index contributed by atoms with van der Waals surface area (Å²) in [7, 11) is 0. The lowest BCUT2D eigenvalue weighted by Gasteiger charge is -2.18. The normalized spacial score (nSPS) is 21.3. The smallest absolute Gasteiger partial charge is 0.423 e. The first-order valence-corrected chi connectivity index (χ1v) is 10.4. The molecule has 0 spiro atoms. The van der Waals surface area contributed by atoms with E-state index in [4.69, 9.17) is 20.6 Å². The summed E-state index contributed by atoms with van der Waals surface area (Å²) in [6, 6.07) is 0. The van der Waals surface area contributed by atoms with Gasteiger partial charge in [-0.15, -0.1) is 6.42 Å². The Morgan fingerprint density at radius 2 is 2.16 bits per heavy atom. The van der Waals surface area contributed by atoms with Crippen LogP contribution in [0.25, 0.3) is 0 Å². The van der Waals surface area contributed by atoms with E-state index < -0.39 is 46.7 Å². The molecule has 1 fully saturated rings. The number of aromatic nitrogens is 2. The summed E-state index contributed by atoms with van der Waals surface area (Å²) in [4.78, 5) is 37.1. The molecule has 0 amide bonds. The highest BCUT2D eigenvalue weighted by Gasteiger charge is 2.40. The highest BCUT2D eigenvalue weighted by atomic mass is 32.2. The molecule has 8 nitrogen and oxygen atoms in total. The van der Waals surface area contributed by atoms with Gasteiger partial charge in [0.05, 0.1) is 6.10 Å². The first kappa shape index (κ1) is 25.0. The number of hydrogen-bond donors (Lipinski definition) is 1. The molecule has 1 N–H and O–H groups in total. The largest absolute Gasteiger partial charge is 0.455 e. The molecule has 0 aliphatic carbocycles. The summed E-state index contributed by atoms with van der Waals surface area (Å²) in [5.41, 5.74) is -4.15. The third-order valence-corrected chi connectivity index (χ3v) is 5.22. The lowest BCUT2D eigenvalue weighted by molar-refractivity contribution is -0.139. The minimum atomic E-state index is -4.96. The number of carbonyl (C=O) groups is 1. The molecule has 0 radical (unpaired) electrons. The molecule has 0 saturated carbocycles. The first-order chi connectivity index (χ1) is 14.5. The van der Waals surface area contributed by atoms with Gasteiger partial charge in [0.2, 0.25) is 0 Å². The second-order valence-electron chi connectivity index (χ2n) is 7.22. The summed E-state index contributed by atoms with van der Waals surface area (Å²) in [6.45, 7) is 3.70. The SMILES string of the molecule is C#CCO[C@H]1C[C@H](n2cc(C(F)(F)F)c(=O)[nH]c2=O)O[C@@H]1COC(=O)SCCC(C)C. The number of hydrogen-bond acceptors (Lipinski definition) is 7. The van der Waals surface area contributed by atoms with Crippen molar-refractivity contribution in [2.45, 2.75) is 51.3 Å². The highest BCUT2D eigenvalue weighted by Crippen LogP contribution is 2.32. The molecule has 1 aliphatic rings. The van der Waals surface area contributed by atoms with Crippen molar-refractivity contribution in [1.29, 1.82) is 0 Å². The topological polar surface area (TPSA) is 99.6 Å². The van der Waals surface area contributed by atoms with Gasteiger partial charge in [-0.05, 0) is 24.1 Å². The predicted molar refractivity (Wildman–Crippen MR) is 107 cm³/mol. The quantitative estimate of drug-likeness (QED) is 0.467. The summed E-state index contributed by atoms with van der Waals surface area (Å²) >= 11 is 1.00. The van der Waals surface area contributed by atoms with Crippen LogP contribution in [-0.2, 0) is 20.4 Å². The van der Waals surface area contributed by atoms with E-state index >= 15 is 0 Å². The zero-order valence-corrected chi connectivity index (χ0v) is 17.8. The fourth-order valence-electron chi connectivity index (χ4n) is 2.82. The Balaban J connectivity index is 2.12. The molecule has 0 bridgehead atoms. The second kappa shape index (κ2) is 10.9. The van der Waals surface area contributed by atoms with Crippen molar-refractivity contribution >= 4 is 17.1 Å². The van der Waals surface area contributed by atoms with Crippen molar-refractivity contribution in [1.82, 2.24) is 9.55 Å². The van der Waals surface area contributed by atoms with Crippen molar-refractivity contribution in [3.63, 3.8) is 0 Å². The molecule has 3 atom stereocenters. The van der Waals surface area contributed by atoms with Crippen LogP contribution >= 0.6 is 11.8 Å². The summed E-state index contributed by atoms with van der Waals surface area (Å²) in [5, 5.41) is -0.524. The number of thioether (sulfide) groups is 1. The van der Waals surface area contributed by atoms with Gasteiger partial charge in [0, 0.05) is 18.4 Å². The van der Waals surface area contributed by atoms with Crippen LogP contribution in [0.4, 0.5) is 18.0 Å². The highest BCUT2D eigenvalue weighted by molar-refractivity contribution is 8.13. The van der Waals surface area contributed by atoms with Crippen molar-refractivity contribution in [3.8, 4) is 12.3 Å². The predicted octanol–water partition coefficient (Wildman–Crippen LogP) is 2.78. The van der Waals surface area contributed by atoms with Gasteiger partial charge in [-0.3, -0.25) is 14.3 Å². The number of carbonyl (C=O) groups excluding carboxylic acids is 1. The Kier molecular flexibility index (Phi) is 8.79. The summed E-state index contributed by atoms with van der Waals surface area (Å²) in [5.74, 6) is 3.27. The number of halogens is 3. The van der Waals surface area contributed by atoms with Crippen molar-refractivity contribution < 1.29 is 32.2 Å². The van der Waals surface area contributed by atoms with Crippen LogP contribution in [0.1, 0.15) is 38.5 Å². The number of nitrogens with zero attached hydrogens (tertiary/aromatic N) is 1. The average Bonchev–Trinajstić information content (AvgIpc) is 3.06. The number of rotatable bonds is 8. The maximum absolute atomic E-state index is 13.0. The Morgan fingerprint density at radius 3 is 2.77 bits per heavy atom. The van der Waals surface area contributed by atoms with Gasteiger partial charge in [0.25, 0.3) is 5.56 Å². The third kappa shape index (κ3) is 7.15. The van der Waals surface area contributed by atoms with Gasteiger partial charge in [0.15, 0.2) is 0 Å². The molecule has 2 heterocycles. The molecule has 172 valence electrons. The van der Waals surface area contributed by atoms with E-state index in [0.717, 1.165) is 18.2 Å². The maximum atomic E-state index is 13.0. The Morgan fingerprint density at radius 1 is 1.45 bits per heavy atom.